The van der Waals surface area contributed by atoms with Crippen LogP contribution in [0.4, 0.5) is 0 Å². The normalized spacial score (nSPS) is 21.5. The third kappa shape index (κ3) is 17.3. The van der Waals surface area contributed by atoms with E-state index in [0.29, 0.717) is 23.9 Å². The van der Waals surface area contributed by atoms with Crippen molar-refractivity contribution in [1.82, 2.24) is 10.6 Å². The lowest BCUT2D eigenvalue weighted by molar-refractivity contribution is -0.155. The molecule has 0 bridgehead atoms. The van der Waals surface area contributed by atoms with E-state index in [-0.39, 0.29) is 42.0 Å². The van der Waals surface area contributed by atoms with Gasteiger partial charge in [0.25, 0.3) is 0 Å². The van der Waals surface area contributed by atoms with Crippen molar-refractivity contribution >= 4 is 48.3 Å². The average molecular weight is 870 g/mol. The molecule has 0 aromatic carbocycles. The van der Waals surface area contributed by atoms with Crippen molar-refractivity contribution in [1.29, 1.82) is 0 Å². The summed E-state index contributed by atoms with van der Waals surface area (Å²) < 4.78 is 5.52. The summed E-state index contributed by atoms with van der Waals surface area (Å²) in [6, 6.07) is -1.80. The van der Waals surface area contributed by atoms with Crippen molar-refractivity contribution in [2.24, 2.45) is 16.6 Å². The molecule has 11 nitrogen and oxygen atoms in total. The highest BCUT2D eigenvalue weighted by molar-refractivity contribution is 7.80. The monoisotopic (exact) mass is 869 g/mol. The second kappa shape index (κ2) is 25.1. The van der Waals surface area contributed by atoms with Gasteiger partial charge in [-0.2, -0.15) is 12.6 Å². The molecule has 2 amide bonds. The van der Waals surface area contributed by atoms with Gasteiger partial charge in [0.05, 0.1) is 6.04 Å². The molecule has 336 valence electrons. The molecule has 0 fully saturated rings. The van der Waals surface area contributed by atoms with E-state index in [1.165, 1.54) is 0 Å². The number of ketones is 2. The number of thiol groups is 1. The van der Waals surface area contributed by atoms with Gasteiger partial charge in [0.2, 0.25) is 11.8 Å². The van der Waals surface area contributed by atoms with Gasteiger partial charge in [-0.15, -0.1) is 0 Å². The van der Waals surface area contributed by atoms with Crippen molar-refractivity contribution in [2.45, 2.75) is 119 Å². The van der Waals surface area contributed by atoms with Gasteiger partial charge in [0.1, 0.15) is 25.0 Å². The molecule has 0 radical (unpaired) electrons. The number of carbonyl (C=O) groups excluding carboxylic acids is 6. The van der Waals surface area contributed by atoms with E-state index in [0.717, 1.165) is 33.4 Å². The average Bonchev–Trinajstić information content (AvgIpc) is 3.20. The minimum absolute atomic E-state index is 0.0300. The number of aliphatic hydroxyl groups excluding tert-OH is 1. The number of amides is 2. The van der Waals surface area contributed by atoms with Crippen molar-refractivity contribution in [3.8, 4) is 0 Å². The Morgan fingerprint density at radius 1 is 0.790 bits per heavy atom. The molecule has 12 heteroatoms. The number of esters is 1. The van der Waals surface area contributed by atoms with E-state index >= 15 is 0 Å². The molecular formula is C50H67N3O8S. The van der Waals surface area contributed by atoms with Crippen molar-refractivity contribution in [2.75, 3.05) is 12.3 Å². The SMILES string of the molecule is CC1=C(/C=C/C(C)=C/C=C/C(C)=C/C=C/C=C(C)/C=C/C=C(C)/C=C/C2=C(C)C(=O)C(OC(=O)CNC(=O)C(CS)NC(=O)CCC(N)C=O)CC2(C)C)C(C)(C)CC(O)C1=O. The Morgan fingerprint density at radius 2 is 1.26 bits per heavy atom. The molecule has 0 aliphatic heterocycles. The van der Waals surface area contributed by atoms with Gasteiger partial charge in [-0.1, -0.05) is 135 Å². The molecule has 4 atom stereocenters. The van der Waals surface area contributed by atoms with E-state index in [9.17, 15) is 33.9 Å². The Hall–Kier alpha value is -5.17. The van der Waals surface area contributed by atoms with Crippen LogP contribution in [0.2, 0.25) is 0 Å². The lowest BCUT2D eigenvalue weighted by Crippen LogP contribution is -2.49. The Morgan fingerprint density at radius 3 is 1.76 bits per heavy atom. The van der Waals surface area contributed by atoms with Gasteiger partial charge >= 0.3 is 5.97 Å². The second-order valence-corrected chi connectivity index (χ2v) is 17.6. The number of rotatable bonds is 20. The summed E-state index contributed by atoms with van der Waals surface area (Å²) in [5, 5.41) is 15.0. The highest BCUT2D eigenvalue weighted by Gasteiger charge is 2.40. The van der Waals surface area contributed by atoms with Crippen LogP contribution in [0.1, 0.15) is 94.9 Å². The van der Waals surface area contributed by atoms with Gasteiger partial charge in [-0.25, -0.2) is 0 Å². The molecule has 4 unspecified atom stereocenters. The fourth-order valence-corrected chi connectivity index (χ4v) is 7.26. The quantitative estimate of drug-likeness (QED) is 0.0363. The molecule has 0 spiro atoms. The van der Waals surface area contributed by atoms with Crippen LogP contribution in [-0.4, -0.2) is 77.3 Å². The number of hydrogen-bond donors (Lipinski definition) is 5. The number of nitrogens with one attached hydrogen (secondary N) is 2. The largest absolute Gasteiger partial charge is 0.453 e. The van der Waals surface area contributed by atoms with Crippen LogP contribution in [0.15, 0.2) is 130 Å². The first-order valence-corrected chi connectivity index (χ1v) is 21.5. The number of ether oxygens (including phenoxy) is 1. The molecule has 0 heterocycles. The number of carbonyl (C=O) groups is 6. The minimum atomic E-state index is -1.02. The maximum absolute atomic E-state index is 13.3. The molecule has 62 heavy (non-hydrogen) atoms. The van der Waals surface area contributed by atoms with Gasteiger partial charge in [-0.3, -0.25) is 24.0 Å². The van der Waals surface area contributed by atoms with E-state index in [2.05, 4.69) is 23.3 Å². The lowest BCUT2D eigenvalue weighted by atomic mass is 9.71. The van der Waals surface area contributed by atoms with Crippen LogP contribution in [0, 0.1) is 10.8 Å². The van der Waals surface area contributed by atoms with Crippen LogP contribution in [0.5, 0.6) is 0 Å². The fourth-order valence-electron chi connectivity index (χ4n) is 7.00. The smallest absolute Gasteiger partial charge is 0.326 e. The molecule has 2 aliphatic rings. The minimum Gasteiger partial charge on any atom is -0.453 e. The highest BCUT2D eigenvalue weighted by Crippen LogP contribution is 2.41. The van der Waals surface area contributed by atoms with Gasteiger partial charge in [0, 0.05) is 18.6 Å². The summed E-state index contributed by atoms with van der Waals surface area (Å²) in [4.78, 5) is 73.7. The standard InChI is InChI=1S/C50H67N3O8S/c1-32(17-13-19-34(3)21-24-39-36(5)46(58)42(55)27-49(39,7)8)15-11-12-16-33(2)18-14-20-35(4)22-25-40-37(6)47(59)43(28-50(40,9)10)61-45(57)29-52-48(60)41(31-62)53-44(56)26-23-38(51)30-54/h11-22,24-25,30,38,41-43,55,62H,23,26-29,31,51H2,1-10H3,(H,52,60)(H,53,56)/b12-11+,17-13+,18-14+,24-21+,25-22+,32-15+,33-16+,34-19+,35-20+. The van der Waals surface area contributed by atoms with Crippen LogP contribution in [-0.2, 0) is 33.5 Å². The Balaban J connectivity index is 1.94. The zero-order valence-electron chi connectivity index (χ0n) is 38.0. The van der Waals surface area contributed by atoms with Crippen LogP contribution in [0.3, 0.4) is 0 Å². The molecule has 5 N–H and O–H groups in total. The predicted molar refractivity (Wildman–Crippen MR) is 251 cm³/mol. The van der Waals surface area contributed by atoms with Gasteiger partial charge < -0.3 is 31.0 Å². The number of aldehydes is 1. The first kappa shape index (κ1) is 53.0. The molecule has 0 aromatic heterocycles. The summed E-state index contributed by atoms with van der Waals surface area (Å²) >= 11 is 4.11. The summed E-state index contributed by atoms with van der Waals surface area (Å²) in [5.74, 6) is -2.44. The summed E-state index contributed by atoms with van der Waals surface area (Å²) in [6.45, 7) is 19.1. The number of allylic oxidation sites excluding steroid dienone is 20. The summed E-state index contributed by atoms with van der Waals surface area (Å²) in [6.07, 6.45) is 27.2. The van der Waals surface area contributed by atoms with E-state index in [1.54, 1.807) is 13.8 Å². The van der Waals surface area contributed by atoms with Crippen molar-refractivity contribution in [3.05, 3.63) is 130 Å². The highest BCUT2D eigenvalue weighted by atomic mass is 32.1. The van der Waals surface area contributed by atoms with E-state index in [4.69, 9.17) is 10.5 Å². The molecule has 0 saturated heterocycles. The fraction of sp³-hybridized carbons (Fsp3) is 0.440. The van der Waals surface area contributed by atoms with Crippen LogP contribution >= 0.6 is 12.6 Å². The predicted octanol–water partition coefficient (Wildman–Crippen LogP) is 7.29. The topological polar surface area (TPSA) is 182 Å². The summed E-state index contributed by atoms with van der Waals surface area (Å²) in [7, 11) is 0. The molecule has 2 rings (SSSR count). The van der Waals surface area contributed by atoms with Crippen molar-refractivity contribution < 1.29 is 38.6 Å². The number of aliphatic hydroxyl groups is 1. The van der Waals surface area contributed by atoms with Gasteiger partial charge in [0.15, 0.2) is 17.7 Å². The first-order valence-electron chi connectivity index (χ1n) is 20.9. The van der Waals surface area contributed by atoms with E-state index < -0.39 is 54.0 Å². The molecule has 2 aliphatic carbocycles. The number of nitrogens with two attached hydrogens (primary N) is 1. The molecular weight excluding hydrogens is 803 g/mol. The third-order valence-electron chi connectivity index (χ3n) is 10.7. The zero-order valence-corrected chi connectivity index (χ0v) is 38.9. The Kier molecular flexibility index (Phi) is 21.4. The van der Waals surface area contributed by atoms with Crippen molar-refractivity contribution in [3.63, 3.8) is 0 Å². The number of Topliss-reactive ketones (excluding diaryl/α,β-unsaturated/α-hetero) is 2. The Labute approximate surface area is 373 Å². The van der Waals surface area contributed by atoms with Crippen LogP contribution in [0.25, 0.3) is 0 Å². The van der Waals surface area contributed by atoms with E-state index in [1.807, 2.05) is 140 Å². The summed E-state index contributed by atoms with van der Waals surface area (Å²) in [5.41, 5.74) is 11.8. The first-order chi connectivity index (χ1) is 29.0. The number of hydrogen-bond acceptors (Lipinski definition) is 10. The lowest BCUT2D eigenvalue weighted by Gasteiger charge is -2.36. The third-order valence-corrected chi connectivity index (χ3v) is 11.1. The zero-order chi connectivity index (χ0) is 46.8. The maximum atomic E-state index is 13.3. The van der Waals surface area contributed by atoms with Crippen LogP contribution < -0.4 is 16.4 Å². The molecule has 0 saturated carbocycles. The van der Waals surface area contributed by atoms with Gasteiger partial charge in [-0.05, 0) is 87.5 Å². The maximum Gasteiger partial charge on any atom is 0.326 e. The Bertz CT molecular complexity index is 2050. The molecule has 0 aromatic rings. The second-order valence-electron chi connectivity index (χ2n) is 17.2.